The maximum atomic E-state index is 13.3. The van der Waals surface area contributed by atoms with Gasteiger partial charge in [-0.1, -0.05) is 11.6 Å². The van der Waals surface area contributed by atoms with Gasteiger partial charge in [-0.05, 0) is 43.3 Å². The molecule has 1 heterocycles. The van der Waals surface area contributed by atoms with Crippen molar-refractivity contribution >= 4 is 34.8 Å². The number of hydrogen-bond acceptors (Lipinski definition) is 4. The fourth-order valence-corrected chi connectivity index (χ4v) is 2.39. The van der Waals surface area contributed by atoms with E-state index in [1.165, 1.54) is 30.3 Å². The van der Waals surface area contributed by atoms with E-state index in [9.17, 15) is 18.0 Å². The van der Waals surface area contributed by atoms with Crippen molar-refractivity contribution in [1.82, 2.24) is 9.97 Å². The van der Waals surface area contributed by atoms with Gasteiger partial charge in [0.15, 0.2) is 11.6 Å². The summed E-state index contributed by atoms with van der Waals surface area (Å²) in [6.45, 7) is 1.65. The predicted octanol–water partition coefficient (Wildman–Crippen LogP) is 4.85. The van der Waals surface area contributed by atoms with Crippen molar-refractivity contribution in [1.29, 1.82) is 0 Å². The van der Waals surface area contributed by atoms with Gasteiger partial charge in [-0.25, -0.2) is 23.1 Å². The molecule has 0 bridgehead atoms. The zero-order chi connectivity index (χ0) is 19.6. The molecule has 0 saturated carbocycles. The molecule has 1 aromatic heterocycles. The molecule has 0 aliphatic carbocycles. The third-order valence-electron chi connectivity index (χ3n) is 3.44. The van der Waals surface area contributed by atoms with E-state index < -0.39 is 23.4 Å². The Balaban J connectivity index is 1.82. The summed E-state index contributed by atoms with van der Waals surface area (Å²) in [7, 11) is 0. The summed E-state index contributed by atoms with van der Waals surface area (Å²) in [6, 6.07) is 8.39. The van der Waals surface area contributed by atoms with E-state index in [1.54, 1.807) is 6.92 Å². The first kappa shape index (κ1) is 18.7. The molecule has 9 heteroatoms. The van der Waals surface area contributed by atoms with E-state index in [1.807, 2.05) is 0 Å². The van der Waals surface area contributed by atoms with E-state index in [2.05, 4.69) is 20.6 Å². The van der Waals surface area contributed by atoms with Crippen molar-refractivity contribution in [3.05, 3.63) is 76.3 Å². The van der Waals surface area contributed by atoms with Crippen LogP contribution in [0, 0.1) is 24.4 Å². The van der Waals surface area contributed by atoms with Crippen LogP contribution in [0.15, 0.2) is 42.5 Å². The highest BCUT2D eigenvalue weighted by atomic mass is 35.5. The van der Waals surface area contributed by atoms with E-state index in [-0.39, 0.29) is 22.4 Å². The summed E-state index contributed by atoms with van der Waals surface area (Å²) in [5.74, 6) is -3.21. The van der Waals surface area contributed by atoms with Crippen LogP contribution in [-0.2, 0) is 0 Å². The van der Waals surface area contributed by atoms with Gasteiger partial charge >= 0.3 is 0 Å². The molecule has 5 nitrogen and oxygen atoms in total. The maximum absolute atomic E-state index is 13.3. The maximum Gasteiger partial charge on any atom is 0.274 e. The molecule has 27 heavy (non-hydrogen) atoms. The minimum Gasteiger partial charge on any atom is -0.324 e. The van der Waals surface area contributed by atoms with Crippen molar-refractivity contribution < 1.29 is 18.0 Å². The lowest BCUT2D eigenvalue weighted by Crippen LogP contribution is -2.15. The zero-order valence-electron chi connectivity index (χ0n) is 13.9. The molecule has 3 rings (SSSR count). The molecule has 0 unspecified atom stereocenters. The lowest BCUT2D eigenvalue weighted by atomic mass is 10.2. The molecule has 0 radical (unpaired) electrons. The van der Waals surface area contributed by atoms with Crippen molar-refractivity contribution in [2.45, 2.75) is 6.92 Å². The van der Waals surface area contributed by atoms with Crippen molar-refractivity contribution in [2.75, 3.05) is 10.6 Å². The molecule has 3 aromatic rings. The van der Waals surface area contributed by atoms with Crippen LogP contribution in [0.2, 0.25) is 5.02 Å². The summed E-state index contributed by atoms with van der Waals surface area (Å²) in [5, 5.41) is 5.17. The second kappa shape index (κ2) is 7.63. The van der Waals surface area contributed by atoms with Gasteiger partial charge < -0.3 is 10.6 Å². The number of amides is 1. The first-order chi connectivity index (χ1) is 12.8. The number of nitrogens with one attached hydrogen (secondary N) is 2. The number of carbonyl (C=O) groups excluding carboxylic acids is 1. The summed E-state index contributed by atoms with van der Waals surface area (Å²) in [5.41, 5.74) is 0.994. The fourth-order valence-electron chi connectivity index (χ4n) is 2.21. The van der Waals surface area contributed by atoms with Crippen molar-refractivity contribution in [3.8, 4) is 0 Å². The molecule has 0 aliphatic rings. The van der Waals surface area contributed by atoms with Gasteiger partial charge in [-0.2, -0.15) is 0 Å². The van der Waals surface area contributed by atoms with E-state index >= 15 is 0 Å². The fraction of sp³-hybridized carbons (Fsp3) is 0.0556. The van der Waals surface area contributed by atoms with Crippen LogP contribution < -0.4 is 10.6 Å². The molecule has 1 amide bonds. The van der Waals surface area contributed by atoms with E-state index in [0.29, 0.717) is 11.4 Å². The van der Waals surface area contributed by atoms with E-state index in [0.717, 1.165) is 12.1 Å². The Morgan fingerprint density at radius 2 is 1.63 bits per heavy atom. The molecular formula is C18H12ClF3N4O. The van der Waals surface area contributed by atoms with Gasteiger partial charge in [0, 0.05) is 23.1 Å². The number of benzene rings is 2. The minimum atomic E-state index is -1.08. The highest BCUT2D eigenvalue weighted by Crippen LogP contribution is 2.22. The first-order valence-electron chi connectivity index (χ1n) is 7.66. The second-order valence-electron chi connectivity index (χ2n) is 5.56. The van der Waals surface area contributed by atoms with Gasteiger partial charge in [-0.3, -0.25) is 4.79 Å². The quantitative estimate of drug-likeness (QED) is 0.666. The number of aryl methyl sites for hydroxylation is 1. The molecule has 0 saturated heterocycles. The number of anilines is 3. The van der Waals surface area contributed by atoms with Crippen LogP contribution in [0.5, 0.6) is 0 Å². The number of rotatable bonds is 4. The minimum absolute atomic E-state index is 0.00272. The molecular weight excluding hydrogens is 381 g/mol. The van der Waals surface area contributed by atoms with Crippen LogP contribution in [0.1, 0.15) is 16.2 Å². The van der Waals surface area contributed by atoms with Gasteiger partial charge in [0.2, 0.25) is 5.95 Å². The Labute approximate surface area is 157 Å². The number of carbonyl (C=O) groups is 1. The number of hydrogen-bond donors (Lipinski definition) is 2. The Hall–Kier alpha value is -3.13. The van der Waals surface area contributed by atoms with Crippen molar-refractivity contribution in [3.63, 3.8) is 0 Å². The SMILES string of the molecule is Cc1cc(C(=O)Nc2ccc(F)c(F)c2)nc(Nc2ccc(F)c(Cl)c2)n1. The topological polar surface area (TPSA) is 66.9 Å². The molecule has 2 aromatic carbocycles. The van der Waals surface area contributed by atoms with Crippen molar-refractivity contribution in [2.24, 2.45) is 0 Å². The van der Waals surface area contributed by atoms with Crippen LogP contribution in [0.3, 0.4) is 0 Å². The molecule has 0 atom stereocenters. The van der Waals surface area contributed by atoms with Crippen LogP contribution >= 0.6 is 11.6 Å². The summed E-state index contributed by atoms with van der Waals surface area (Å²) in [6.07, 6.45) is 0. The Morgan fingerprint density at radius 1 is 0.926 bits per heavy atom. The average Bonchev–Trinajstić information content (AvgIpc) is 2.61. The smallest absolute Gasteiger partial charge is 0.274 e. The first-order valence-corrected chi connectivity index (χ1v) is 8.04. The van der Waals surface area contributed by atoms with Crippen LogP contribution in [0.4, 0.5) is 30.5 Å². The third-order valence-corrected chi connectivity index (χ3v) is 3.73. The highest BCUT2D eigenvalue weighted by molar-refractivity contribution is 6.31. The van der Waals surface area contributed by atoms with Crippen LogP contribution in [0.25, 0.3) is 0 Å². The molecule has 0 aliphatic heterocycles. The summed E-state index contributed by atoms with van der Waals surface area (Å²) >= 11 is 5.73. The number of nitrogens with zero attached hydrogens (tertiary/aromatic N) is 2. The molecule has 2 N–H and O–H groups in total. The predicted molar refractivity (Wildman–Crippen MR) is 95.8 cm³/mol. The highest BCUT2D eigenvalue weighted by Gasteiger charge is 2.13. The zero-order valence-corrected chi connectivity index (χ0v) is 14.6. The van der Waals surface area contributed by atoms with Gasteiger partial charge in [-0.15, -0.1) is 0 Å². The molecule has 0 fully saturated rings. The summed E-state index contributed by atoms with van der Waals surface area (Å²) < 4.78 is 39.5. The van der Waals surface area contributed by atoms with Gasteiger partial charge in [0.05, 0.1) is 5.02 Å². The number of aromatic nitrogens is 2. The molecule has 138 valence electrons. The normalized spacial score (nSPS) is 10.6. The largest absolute Gasteiger partial charge is 0.324 e. The van der Waals surface area contributed by atoms with Gasteiger partial charge in [0.25, 0.3) is 5.91 Å². The Kier molecular flexibility index (Phi) is 5.27. The number of halogens is 4. The third kappa shape index (κ3) is 4.53. The average molecular weight is 393 g/mol. The van der Waals surface area contributed by atoms with E-state index in [4.69, 9.17) is 11.6 Å². The Bertz CT molecular complexity index is 1030. The molecule has 0 spiro atoms. The lowest BCUT2D eigenvalue weighted by Gasteiger charge is -2.09. The van der Waals surface area contributed by atoms with Gasteiger partial charge in [0.1, 0.15) is 11.5 Å². The second-order valence-corrected chi connectivity index (χ2v) is 5.96. The standard InChI is InChI=1S/C18H12ClF3N4O/c1-9-6-16(17(27)24-11-3-5-14(21)15(22)8-11)26-18(23-9)25-10-2-4-13(20)12(19)7-10/h2-8H,1H3,(H,24,27)(H,23,25,26). The monoisotopic (exact) mass is 392 g/mol. The van der Waals surface area contributed by atoms with Crippen LogP contribution in [-0.4, -0.2) is 15.9 Å². The Morgan fingerprint density at radius 3 is 2.33 bits per heavy atom. The lowest BCUT2D eigenvalue weighted by molar-refractivity contribution is 0.102. The summed E-state index contributed by atoms with van der Waals surface area (Å²) in [4.78, 5) is 20.6.